The van der Waals surface area contributed by atoms with Gasteiger partial charge in [0.2, 0.25) is 0 Å². The van der Waals surface area contributed by atoms with Gasteiger partial charge in [-0.3, -0.25) is 4.79 Å². The lowest BCUT2D eigenvalue weighted by molar-refractivity contribution is -0.148. The van der Waals surface area contributed by atoms with Gasteiger partial charge in [-0.15, -0.1) is 0 Å². The molecule has 1 amide bonds. The van der Waals surface area contributed by atoms with Crippen LogP contribution in [0.15, 0.2) is 48.5 Å². The van der Waals surface area contributed by atoms with Crippen LogP contribution in [0.2, 0.25) is 5.02 Å². The van der Waals surface area contributed by atoms with Crippen LogP contribution in [-0.2, 0) is 14.3 Å². The summed E-state index contributed by atoms with van der Waals surface area (Å²) >= 11 is 5.88. The lowest BCUT2D eigenvalue weighted by atomic mass is 10.2. The molecule has 2 aromatic carbocycles. The maximum absolute atomic E-state index is 12.1. The highest BCUT2D eigenvalue weighted by atomic mass is 35.5. The molecule has 7 heteroatoms. The first-order valence-electron chi connectivity index (χ1n) is 8.69. The van der Waals surface area contributed by atoms with Gasteiger partial charge in [0.15, 0.2) is 17.6 Å². The third kappa shape index (κ3) is 6.32. The van der Waals surface area contributed by atoms with Crippen molar-refractivity contribution >= 4 is 35.2 Å². The number of halogens is 1. The normalized spacial score (nSPS) is 11.7. The Morgan fingerprint density at radius 3 is 2.64 bits per heavy atom. The maximum Gasteiger partial charge on any atom is 0.331 e. The van der Waals surface area contributed by atoms with E-state index in [-0.39, 0.29) is 0 Å². The molecular weight excluding hydrogens is 382 g/mol. The number of ether oxygens (including phenoxy) is 3. The largest absolute Gasteiger partial charge is 0.493 e. The fourth-order valence-electron chi connectivity index (χ4n) is 2.30. The molecule has 0 heterocycles. The van der Waals surface area contributed by atoms with Crippen LogP contribution in [0.1, 0.15) is 19.4 Å². The summed E-state index contributed by atoms with van der Waals surface area (Å²) in [4.78, 5) is 24.1. The van der Waals surface area contributed by atoms with Crippen LogP contribution in [0.3, 0.4) is 0 Å². The average Bonchev–Trinajstić information content (AvgIpc) is 2.67. The van der Waals surface area contributed by atoms with E-state index >= 15 is 0 Å². The number of carbonyl (C=O) groups excluding carboxylic acids is 2. The number of amides is 1. The molecule has 2 rings (SSSR count). The molecule has 148 valence electrons. The molecule has 1 atom stereocenters. The molecule has 6 nitrogen and oxygen atoms in total. The second kappa shape index (κ2) is 10.4. The van der Waals surface area contributed by atoms with Crippen LogP contribution >= 0.6 is 11.6 Å². The van der Waals surface area contributed by atoms with Crippen LogP contribution in [0.4, 0.5) is 5.69 Å². The fraction of sp³-hybridized carbons (Fsp3) is 0.238. The predicted molar refractivity (Wildman–Crippen MR) is 109 cm³/mol. The Bertz CT molecular complexity index is 866. The van der Waals surface area contributed by atoms with Crippen molar-refractivity contribution in [3.63, 3.8) is 0 Å². The van der Waals surface area contributed by atoms with E-state index in [0.717, 1.165) is 5.56 Å². The third-order valence-electron chi connectivity index (χ3n) is 3.65. The van der Waals surface area contributed by atoms with Crippen molar-refractivity contribution in [1.82, 2.24) is 0 Å². The van der Waals surface area contributed by atoms with Crippen LogP contribution < -0.4 is 14.8 Å². The minimum Gasteiger partial charge on any atom is -0.493 e. The second-order valence-corrected chi connectivity index (χ2v) is 6.19. The van der Waals surface area contributed by atoms with Gasteiger partial charge in [0, 0.05) is 16.8 Å². The molecule has 2 aromatic rings. The Morgan fingerprint density at radius 1 is 1.18 bits per heavy atom. The van der Waals surface area contributed by atoms with Crippen LogP contribution in [0, 0.1) is 0 Å². The summed E-state index contributed by atoms with van der Waals surface area (Å²) in [6, 6.07) is 12.0. The van der Waals surface area contributed by atoms with Gasteiger partial charge < -0.3 is 19.5 Å². The van der Waals surface area contributed by atoms with Crippen molar-refractivity contribution in [2.75, 3.05) is 19.0 Å². The van der Waals surface area contributed by atoms with Crippen LogP contribution in [-0.4, -0.2) is 31.7 Å². The molecule has 0 aromatic heterocycles. The third-order valence-corrected chi connectivity index (χ3v) is 3.89. The molecule has 0 radical (unpaired) electrons. The predicted octanol–water partition coefficient (Wildman–Crippen LogP) is 4.33. The Balaban J connectivity index is 1.94. The number of hydrogen-bond donors (Lipinski definition) is 1. The Morgan fingerprint density at radius 2 is 1.96 bits per heavy atom. The summed E-state index contributed by atoms with van der Waals surface area (Å²) in [5.74, 6) is 0.0935. The van der Waals surface area contributed by atoms with Crippen molar-refractivity contribution in [1.29, 1.82) is 0 Å². The van der Waals surface area contributed by atoms with Gasteiger partial charge in [-0.1, -0.05) is 23.7 Å². The molecule has 0 aliphatic heterocycles. The molecule has 0 spiro atoms. The molecule has 28 heavy (non-hydrogen) atoms. The quantitative estimate of drug-likeness (QED) is 0.524. The molecule has 1 N–H and O–H groups in total. The topological polar surface area (TPSA) is 73.9 Å². The SMILES string of the molecule is CCOc1ccc(/C=C/C(=O)O[C@@H](C)C(=O)Nc2cccc(Cl)c2)cc1OC. The summed E-state index contributed by atoms with van der Waals surface area (Å²) in [5.41, 5.74) is 1.26. The van der Waals surface area contributed by atoms with Gasteiger partial charge in [-0.05, 0) is 55.8 Å². The highest BCUT2D eigenvalue weighted by molar-refractivity contribution is 6.30. The van der Waals surface area contributed by atoms with Gasteiger partial charge in [-0.2, -0.15) is 0 Å². The van der Waals surface area contributed by atoms with Crippen molar-refractivity contribution in [2.45, 2.75) is 20.0 Å². The summed E-state index contributed by atoms with van der Waals surface area (Å²) in [7, 11) is 1.54. The molecule has 0 aliphatic rings. The first-order valence-corrected chi connectivity index (χ1v) is 9.06. The lowest BCUT2D eigenvalue weighted by Crippen LogP contribution is -2.29. The fourth-order valence-corrected chi connectivity index (χ4v) is 2.49. The number of carbonyl (C=O) groups is 2. The minimum atomic E-state index is -0.967. The molecule has 0 unspecified atom stereocenters. The molecule has 0 bridgehead atoms. The molecule has 0 saturated heterocycles. The zero-order valence-corrected chi connectivity index (χ0v) is 16.7. The number of anilines is 1. The first kappa shape index (κ1) is 21.3. The van der Waals surface area contributed by atoms with Crippen molar-refractivity contribution in [2.24, 2.45) is 0 Å². The van der Waals surface area contributed by atoms with E-state index in [4.69, 9.17) is 25.8 Å². The number of rotatable bonds is 8. The zero-order chi connectivity index (χ0) is 20.5. The monoisotopic (exact) mass is 403 g/mol. The van der Waals surface area contributed by atoms with E-state index in [0.29, 0.717) is 28.8 Å². The highest BCUT2D eigenvalue weighted by Gasteiger charge is 2.16. The van der Waals surface area contributed by atoms with E-state index in [1.807, 2.05) is 6.92 Å². The lowest BCUT2D eigenvalue weighted by Gasteiger charge is -2.12. The summed E-state index contributed by atoms with van der Waals surface area (Å²) in [6.07, 6.45) is 1.85. The number of methoxy groups -OCH3 is 1. The molecule has 0 fully saturated rings. The summed E-state index contributed by atoms with van der Waals surface area (Å²) in [5, 5.41) is 3.14. The van der Waals surface area contributed by atoms with Gasteiger partial charge >= 0.3 is 5.97 Å². The van der Waals surface area contributed by atoms with Crippen LogP contribution in [0.5, 0.6) is 11.5 Å². The molecule has 0 aliphatic carbocycles. The number of hydrogen-bond acceptors (Lipinski definition) is 5. The molecular formula is C21H22ClNO5. The van der Waals surface area contributed by atoms with Crippen molar-refractivity contribution < 1.29 is 23.8 Å². The standard InChI is InChI=1S/C21H22ClNO5/c1-4-27-18-10-8-15(12-19(18)26-3)9-11-20(24)28-14(2)21(25)23-17-7-5-6-16(22)13-17/h5-14H,4H2,1-3H3,(H,23,25)/b11-9+/t14-/m0/s1. The number of esters is 1. The summed E-state index contributed by atoms with van der Waals surface area (Å²) < 4.78 is 15.8. The zero-order valence-electron chi connectivity index (χ0n) is 15.9. The highest BCUT2D eigenvalue weighted by Crippen LogP contribution is 2.28. The minimum absolute atomic E-state index is 0.452. The van der Waals surface area contributed by atoms with Gasteiger partial charge in [-0.25, -0.2) is 4.79 Å². The maximum atomic E-state index is 12.1. The van der Waals surface area contributed by atoms with E-state index in [2.05, 4.69) is 5.32 Å². The first-order chi connectivity index (χ1) is 13.4. The van der Waals surface area contributed by atoms with Gasteiger partial charge in [0.1, 0.15) is 0 Å². The van der Waals surface area contributed by atoms with E-state index in [1.54, 1.807) is 55.7 Å². The second-order valence-electron chi connectivity index (χ2n) is 5.76. The van der Waals surface area contributed by atoms with Crippen molar-refractivity contribution in [3.05, 3.63) is 59.1 Å². The smallest absolute Gasteiger partial charge is 0.331 e. The van der Waals surface area contributed by atoms with Gasteiger partial charge in [0.05, 0.1) is 13.7 Å². The number of nitrogens with one attached hydrogen (secondary N) is 1. The van der Waals surface area contributed by atoms with E-state index < -0.39 is 18.0 Å². The Hall–Kier alpha value is -2.99. The van der Waals surface area contributed by atoms with E-state index in [9.17, 15) is 9.59 Å². The number of benzene rings is 2. The van der Waals surface area contributed by atoms with Crippen molar-refractivity contribution in [3.8, 4) is 11.5 Å². The Labute approximate surface area is 169 Å². The average molecular weight is 404 g/mol. The van der Waals surface area contributed by atoms with E-state index in [1.165, 1.54) is 13.0 Å². The summed E-state index contributed by atoms with van der Waals surface area (Å²) in [6.45, 7) is 3.89. The van der Waals surface area contributed by atoms with Gasteiger partial charge in [0.25, 0.3) is 5.91 Å². The Kier molecular flexibility index (Phi) is 7.89. The molecule has 0 saturated carbocycles. The van der Waals surface area contributed by atoms with Crippen LogP contribution in [0.25, 0.3) is 6.08 Å².